The maximum atomic E-state index is 5.54. The maximum Gasteiger partial charge on any atom is 0.119 e. The summed E-state index contributed by atoms with van der Waals surface area (Å²) in [6.45, 7) is 4.71. The summed E-state index contributed by atoms with van der Waals surface area (Å²) < 4.78 is 5.54. The Morgan fingerprint density at radius 3 is 2.89 bits per heavy atom. The average Bonchev–Trinajstić information content (AvgIpc) is 2.78. The van der Waals surface area contributed by atoms with Crippen LogP contribution in [0.2, 0.25) is 0 Å². The fourth-order valence-electron chi connectivity index (χ4n) is 1.93. The highest BCUT2D eigenvalue weighted by molar-refractivity contribution is 7.11. The third-order valence-electron chi connectivity index (χ3n) is 2.71. The monoisotopic (exact) mass is 262 g/mol. The molecule has 1 heterocycles. The van der Waals surface area contributed by atoms with E-state index in [0.29, 0.717) is 6.61 Å². The molecule has 1 unspecified atom stereocenters. The highest BCUT2D eigenvalue weighted by Gasteiger charge is 2.14. The van der Waals surface area contributed by atoms with Gasteiger partial charge in [-0.2, -0.15) is 0 Å². The van der Waals surface area contributed by atoms with Crippen LogP contribution in [0.3, 0.4) is 0 Å². The van der Waals surface area contributed by atoms with Crippen LogP contribution >= 0.6 is 11.3 Å². The SMILES string of the molecule is CCOc1cccc(C(NC)c2cnc(C)s2)c1. The zero-order valence-electron chi connectivity index (χ0n) is 10.9. The van der Waals surface area contributed by atoms with Crippen molar-refractivity contribution in [1.82, 2.24) is 10.3 Å². The fraction of sp³-hybridized carbons (Fsp3) is 0.357. The zero-order valence-corrected chi connectivity index (χ0v) is 11.8. The average molecular weight is 262 g/mol. The van der Waals surface area contributed by atoms with Gasteiger partial charge in [0, 0.05) is 11.1 Å². The van der Waals surface area contributed by atoms with Gasteiger partial charge < -0.3 is 10.1 Å². The van der Waals surface area contributed by atoms with E-state index in [2.05, 4.69) is 22.4 Å². The van der Waals surface area contributed by atoms with E-state index in [1.807, 2.05) is 39.2 Å². The molecule has 0 saturated carbocycles. The lowest BCUT2D eigenvalue weighted by Gasteiger charge is -2.15. The maximum absolute atomic E-state index is 5.54. The number of rotatable bonds is 5. The van der Waals surface area contributed by atoms with Gasteiger partial charge in [-0.25, -0.2) is 4.98 Å². The first-order valence-corrected chi connectivity index (χ1v) is 6.88. The summed E-state index contributed by atoms with van der Waals surface area (Å²) in [7, 11) is 1.97. The second-order valence-electron chi connectivity index (χ2n) is 4.01. The Morgan fingerprint density at radius 2 is 2.28 bits per heavy atom. The van der Waals surface area contributed by atoms with Crippen LogP contribution in [0, 0.1) is 6.92 Å². The van der Waals surface area contributed by atoms with E-state index in [1.165, 1.54) is 10.4 Å². The highest BCUT2D eigenvalue weighted by atomic mass is 32.1. The summed E-state index contributed by atoms with van der Waals surface area (Å²) >= 11 is 1.72. The van der Waals surface area contributed by atoms with Crippen LogP contribution in [-0.2, 0) is 0 Å². The van der Waals surface area contributed by atoms with Crippen LogP contribution in [0.15, 0.2) is 30.5 Å². The van der Waals surface area contributed by atoms with E-state index < -0.39 is 0 Å². The smallest absolute Gasteiger partial charge is 0.119 e. The Bertz CT molecular complexity index is 510. The molecule has 0 fully saturated rings. The number of thiazole rings is 1. The van der Waals surface area contributed by atoms with Crippen molar-refractivity contribution in [2.24, 2.45) is 0 Å². The number of hydrogen-bond acceptors (Lipinski definition) is 4. The Hall–Kier alpha value is -1.39. The van der Waals surface area contributed by atoms with Gasteiger partial charge in [0.1, 0.15) is 5.75 Å². The molecular formula is C14H18N2OS. The topological polar surface area (TPSA) is 34.1 Å². The first-order chi connectivity index (χ1) is 8.74. The van der Waals surface area contributed by atoms with Gasteiger partial charge in [0.15, 0.2) is 0 Å². The molecular weight excluding hydrogens is 244 g/mol. The van der Waals surface area contributed by atoms with Crippen molar-refractivity contribution in [2.75, 3.05) is 13.7 Å². The molecule has 2 aromatic rings. The molecule has 96 valence electrons. The van der Waals surface area contributed by atoms with Gasteiger partial charge in [-0.3, -0.25) is 0 Å². The Labute approximate surface area is 112 Å². The van der Waals surface area contributed by atoms with Gasteiger partial charge in [0.25, 0.3) is 0 Å². The summed E-state index contributed by atoms with van der Waals surface area (Å²) in [5.74, 6) is 0.913. The number of benzene rings is 1. The standard InChI is InChI=1S/C14H18N2OS/c1-4-17-12-7-5-6-11(8-12)14(15-3)13-9-16-10(2)18-13/h5-9,14-15H,4H2,1-3H3. The predicted molar refractivity (Wildman–Crippen MR) is 75.4 cm³/mol. The van der Waals surface area contributed by atoms with Crippen molar-refractivity contribution >= 4 is 11.3 Å². The molecule has 0 amide bonds. The van der Waals surface area contributed by atoms with Gasteiger partial charge in [-0.15, -0.1) is 11.3 Å². The third-order valence-corrected chi connectivity index (χ3v) is 3.69. The van der Waals surface area contributed by atoms with Crippen LogP contribution in [0.5, 0.6) is 5.75 Å². The first kappa shape index (κ1) is 13.1. The summed E-state index contributed by atoms with van der Waals surface area (Å²) in [5.41, 5.74) is 1.20. The molecule has 0 radical (unpaired) electrons. The first-order valence-electron chi connectivity index (χ1n) is 6.07. The van der Waals surface area contributed by atoms with Gasteiger partial charge >= 0.3 is 0 Å². The van der Waals surface area contributed by atoms with Gasteiger partial charge in [-0.1, -0.05) is 12.1 Å². The number of nitrogens with zero attached hydrogens (tertiary/aromatic N) is 1. The molecule has 0 aliphatic carbocycles. The van der Waals surface area contributed by atoms with Crippen molar-refractivity contribution in [1.29, 1.82) is 0 Å². The molecule has 0 aliphatic heterocycles. The van der Waals surface area contributed by atoms with Crippen LogP contribution in [0.1, 0.15) is 28.4 Å². The van der Waals surface area contributed by atoms with Crippen molar-refractivity contribution in [3.63, 3.8) is 0 Å². The lowest BCUT2D eigenvalue weighted by atomic mass is 10.1. The largest absolute Gasteiger partial charge is 0.494 e. The molecule has 1 aromatic heterocycles. The molecule has 0 bridgehead atoms. The van der Waals surface area contributed by atoms with E-state index in [9.17, 15) is 0 Å². The Balaban J connectivity index is 2.29. The number of hydrogen-bond donors (Lipinski definition) is 1. The zero-order chi connectivity index (χ0) is 13.0. The molecule has 2 rings (SSSR count). The minimum atomic E-state index is 0.177. The van der Waals surface area contributed by atoms with Crippen molar-refractivity contribution in [2.45, 2.75) is 19.9 Å². The van der Waals surface area contributed by atoms with Crippen molar-refractivity contribution in [3.8, 4) is 5.75 Å². The molecule has 4 heteroatoms. The number of ether oxygens (including phenoxy) is 1. The molecule has 0 aliphatic rings. The van der Waals surface area contributed by atoms with Gasteiger partial charge in [0.2, 0.25) is 0 Å². The highest BCUT2D eigenvalue weighted by Crippen LogP contribution is 2.28. The van der Waals surface area contributed by atoms with Crippen LogP contribution in [0.25, 0.3) is 0 Å². The second-order valence-corrected chi connectivity index (χ2v) is 5.28. The van der Waals surface area contributed by atoms with E-state index in [0.717, 1.165) is 10.8 Å². The molecule has 1 atom stereocenters. The van der Waals surface area contributed by atoms with Crippen LogP contribution < -0.4 is 10.1 Å². The molecule has 3 nitrogen and oxygen atoms in total. The Morgan fingerprint density at radius 1 is 1.44 bits per heavy atom. The van der Waals surface area contributed by atoms with E-state index >= 15 is 0 Å². The van der Waals surface area contributed by atoms with E-state index in [4.69, 9.17) is 4.74 Å². The lowest BCUT2D eigenvalue weighted by molar-refractivity contribution is 0.339. The van der Waals surface area contributed by atoms with E-state index in [-0.39, 0.29) is 6.04 Å². The number of nitrogens with one attached hydrogen (secondary N) is 1. The normalized spacial score (nSPS) is 12.4. The molecule has 1 N–H and O–H groups in total. The quantitative estimate of drug-likeness (QED) is 0.898. The van der Waals surface area contributed by atoms with E-state index in [1.54, 1.807) is 11.3 Å². The molecule has 0 saturated heterocycles. The summed E-state index contributed by atoms with van der Waals surface area (Å²) in [5, 5.41) is 4.42. The van der Waals surface area contributed by atoms with Crippen molar-refractivity contribution in [3.05, 3.63) is 45.9 Å². The van der Waals surface area contributed by atoms with Gasteiger partial charge in [0.05, 0.1) is 17.7 Å². The van der Waals surface area contributed by atoms with Gasteiger partial charge in [-0.05, 0) is 38.6 Å². The summed E-state index contributed by atoms with van der Waals surface area (Å²) in [4.78, 5) is 5.54. The van der Waals surface area contributed by atoms with Crippen LogP contribution in [-0.4, -0.2) is 18.6 Å². The van der Waals surface area contributed by atoms with Crippen LogP contribution in [0.4, 0.5) is 0 Å². The summed E-state index contributed by atoms with van der Waals surface area (Å²) in [6.07, 6.45) is 1.94. The fourth-order valence-corrected chi connectivity index (χ4v) is 2.86. The number of aromatic nitrogens is 1. The number of aryl methyl sites for hydroxylation is 1. The molecule has 1 aromatic carbocycles. The molecule has 18 heavy (non-hydrogen) atoms. The summed E-state index contributed by atoms with van der Waals surface area (Å²) in [6, 6.07) is 8.38. The minimum Gasteiger partial charge on any atom is -0.494 e. The predicted octanol–water partition coefficient (Wildman–Crippen LogP) is 3.16. The Kier molecular flexibility index (Phi) is 4.33. The molecule has 0 spiro atoms. The second kappa shape index (κ2) is 5.98. The third kappa shape index (κ3) is 2.89. The van der Waals surface area contributed by atoms with Crippen molar-refractivity contribution < 1.29 is 4.74 Å². The lowest BCUT2D eigenvalue weighted by Crippen LogP contribution is -2.16. The minimum absolute atomic E-state index is 0.177.